The highest BCUT2D eigenvalue weighted by Gasteiger charge is 2.20. The Bertz CT molecular complexity index is 950. The molecule has 13 nitrogen and oxygen atoms in total. The van der Waals surface area contributed by atoms with Crippen LogP contribution in [0.3, 0.4) is 0 Å². The molecule has 0 fully saturated rings. The average molecular weight is 413 g/mol. The summed E-state index contributed by atoms with van der Waals surface area (Å²) in [6.07, 6.45) is 1.31. The molecule has 0 saturated heterocycles. The number of rotatable bonds is 7. The maximum Gasteiger partial charge on any atom is 0.338 e. The van der Waals surface area contributed by atoms with Gasteiger partial charge in [-0.05, 0) is 12.1 Å². The van der Waals surface area contributed by atoms with E-state index < -0.39 is 22.1 Å². The SMILES string of the molecule is COc1cc(OC)nc(NC(=O)NS(=O)(=O)Nn2cccc2C(=O)N(C)C)n1. The molecule has 2 rings (SSSR count). The highest BCUT2D eigenvalue weighted by molar-refractivity contribution is 7.90. The van der Waals surface area contributed by atoms with Gasteiger partial charge in [0, 0.05) is 20.3 Å². The first-order valence-corrected chi connectivity index (χ1v) is 9.11. The number of anilines is 1. The topological polar surface area (TPSA) is 157 Å². The molecule has 0 radical (unpaired) electrons. The second-order valence-corrected chi connectivity index (χ2v) is 6.78. The van der Waals surface area contributed by atoms with E-state index in [0.29, 0.717) is 0 Å². The highest BCUT2D eigenvalue weighted by Crippen LogP contribution is 2.17. The van der Waals surface area contributed by atoms with E-state index in [1.54, 1.807) is 4.72 Å². The van der Waals surface area contributed by atoms with Crippen LogP contribution < -0.4 is 24.3 Å². The summed E-state index contributed by atoms with van der Waals surface area (Å²) in [4.78, 5) is 35.0. The Balaban J connectivity index is 2.10. The van der Waals surface area contributed by atoms with Crippen LogP contribution in [0.15, 0.2) is 24.4 Å². The van der Waals surface area contributed by atoms with Gasteiger partial charge in [-0.15, -0.1) is 0 Å². The fourth-order valence-electron chi connectivity index (χ4n) is 1.93. The zero-order valence-electron chi connectivity index (χ0n) is 15.5. The first kappa shape index (κ1) is 20.8. The fourth-order valence-corrected chi connectivity index (χ4v) is 2.69. The predicted molar refractivity (Wildman–Crippen MR) is 98.0 cm³/mol. The van der Waals surface area contributed by atoms with Gasteiger partial charge < -0.3 is 14.4 Å². The van der Waals surface area contributed by atoms with Crippen LogP contribution in [-0.4, -0.2) is 68.2 Å². The van der Waals surface area contributed by atoms with Crippen LogP contribution in [0.1, 0.15) is 10.5 Å². The molecule has 0 aliphatic heterocycles. The van der Waals surface area contributed by atoms with E-state index in [1.165, 1.54) is 57.6 Å². The number of amides is 3. The number of urea groups is 1. The van der Waals surface area contributed by atoms with Gasteiger partial charge in [0.05, 0.1) is 20.3 Å². The van der Waals surface area contributed by atoms with Gasteiger partial charge in [-0.3, -0.25) is 10.1 Å². The average Bonchev–Trinajstić information content (AvgIpc) is 3.06. The summed E-state index contributed by atoms with van der Waals surface area (Å²) in [5.74, 6) is -0.480. The Morgan fingerprint density at radius 1 is 1.14 bits per heavy atom. The quantitative estimate of drug-likeness (QED) is 0.554. The Morgan fingerprint density at radius 2 is 1.75 bits per heavy atom. The number of carbonyl (C=O) groups excluding carboxylic acids is 2. The van der Waals surface area contributed by atoms with Gasteiger partial charge in [-0.1, -0.05) is 0 Å². The Kier molecular flexibility index (Phi) is 6.25. The minimum atomic E-state index is -4.37. The summed E-state index contributed by atoms with van der Waals surface area (Å²) in [5.41, 5.74) is 0.0525. The molecule has 0 unspecified atom stereocenters. The summed E-state index contributed by atoms with van der Waals surface area (Å²) in [6.45, 7) is 0. The number of nitrogens with zero attached hydrogens (tertiary/aromatic N) is 4. The summed E-state index contributed by atoms with van der Waals surface area (Å²) < 4.78 is 36.9. The van der Waals surface area contributed by atoms with Gasteiger partial charge in [-0.2, -0.15) is 18.4 Å². The molecule has 3 amide bonds. The molecule has 0 spiro atoms. The van der Waals surface area contributed by atoms with Crippen molar-refractivity contribution in [1.82, 2.24) is 24.3 Å². The molecule has 0 saturated carbocycles. The molecule has 0 atom stereocenters. The number of hydrogen-bond acceptors (Lipinski definition) is 8. The highest BCUT2D eigenvalue weighted by atomic mass is 32.2. The third-order valence-electron chi connectivity index (χ3n) is 3.14. The lowest BCUT2D eigenvalue weighted by Gasteiger charge is -2.15. The van der Waals surface area contributed by atoms with Crippen LogP contribution in [0.4, 0.5) is 10.7 Å². The van der Waals surface area contributed by atoms with Crippen LogP contribution in [0.2, 0.25) is 0 Å². The number of nitrogens with one attached hydrogen (secondary N) is 3. The van der Waals surface area contributed by atoms with Crippen LogP contribution in [-0.2, 0) is 10.2 Å². The zero-order valence-corrected chi connectivity index (χ0v) is 16.3. The molecule has 0 aromatic carbocycles. The molecular formula is C14H19N7O6S. The maximum atomic E-state index is 12.2. The molecule has 152 valence electrons. The van der Waals surface area contributed by atoms with E-state index in [4.69, 9.17) is 9.47 Å². The van der Waals surface area contributed by atoms with Crippen molar-refractivity contribution in [3.63, 3.8) is 0 Å². The number of ether oxygens (including phenoxy) is 2. The van der Waals surface area contributed by atoms with E-state index in [2.05, 4.69) is 15.3 Å². The largest absolute Gasteiger partial charge is 0.481 e. The van der Waals surface area contributed by atoms with Gasteiger partial charge >= 0.3 is 16.2 Å². The molecular weight excluding hydrogens is 394 g/mol. The van der Waals surface area contributed by atoms with E-state index in [0.717, 1.165) is 4.68 Å². The molecule has 2 aromatic heterocycles. The first-order valence-electron chi connectivity index (χ1n) is 7.63. The minimum Gasteiger partial charge on any atom is -0.481 e. The lowest BCUT2D eigenvalue weighted by molar-refractivity contribution is 0.0819. The standard InChI is InChI=1S/C14H19N7O6S/c1-20(2)12(22)9-6-5-7-21(9)19-28(24,25)18-14(23)17-13-15-10(26-3)8-11(16-13)27-4/h5-8,19H,1-4H3,(H2,15,16,17,18,23). The van der Waals surface area contributed by atoms with Gasteiger partial charge in [0.25, 0.3) is 5.91 Å². The van der Waals surface area contributed by atoms with Crippen molar-refractivity contribution in [2.45, 2.75) is 0 Å². The number of aromatic nitrogens is 3. The normalized spacial score (nSPS) is 10.7. The van der Waals surface area contributed by atoms with Crippen LogP contribution >= 0.6 is 0 Å². The van der Waals surface area contributed by atoms with E-state index >= 15 is 0 Å². The Labute approximate surface area is 160 Å². The predicted octanol–water partition coefficient (Wildman–Crippen LogP) is -0.393. The van der Waals surface area contributed by atoms with Gasteiger partial charge in [0.2, 0.25) is 17.7 Å². The molecule has 0 aliphatic carbocycles. The van der Waals surface area contributed by atoms with Crippen molar-refractivity contribution in [3.8, 4) is 11.8 Å². The van der Waals surface area contributed by atoms with E-state index in [-0.39, 0.29) is 23.4 Å². The zero-order chi connectivity index (χ0) is 20.9. The molecule has 14 heteroatoms. The van der Waals surface area contributed by atoms with Gasteiger partial charge in [0.15, 0.2) is 0 Å². The van der Waals surface area contributed by atoms with Crippen molar-refractivity contribution >= 4 is 28.1 Å². The first-order chi connectivity index (χ1) is 13.1. The number of carbonyl (C=O) groups is 2. The van der Waals surface area contributed by atoms with Crippen LogP contribution in [0.25, 0.3) is 0 Å². The maximum absolute atomic E-state index is 12.2. The van der Waals surface area contributed by atoms with Crippen molar-refractivity contribution in [3.05, 3.63) is 30.1 Å². The van der Waals surface area contributed by atoms with Crippen molar-refractivity contribution < 1.29 is 27.5 Å². The minimum absolute atomic E-state index is 0.0525. The lowest BCUT2D eigenvalue weighted by atomic mass is 10.4. The molecule has 28 heavy (non-hydrogen) atoms. The summed E-state index contributed by atoms with van der Waals surface area (Å²) >= 11 is 0. The second kappa shape index (κ2) is 8.43. The van der Waals surface area contributed by atoms with Crippen molar-refractivity contribution in [2.75, 3.05) is 38.5 Å². The third kappa shape index (κ3) is 5.23. The fraction of sp³-hybridized carbons (Fsp3) is 0.286. The molecule has 0 bridgehead atoms. The number of hydrogen-bond donors (Lipinski definition) is 3. The van der Waals surface area contributed by atoms with Crippen molar-refractivity contribution in [2.24, 2.45) is 0 Å². The lowest BCUT2D eigenvalue weighted by Crippen LogP contribution is -2.42. The third-order valence-corrected chi connectivity index (χ3v) is 4.03. The molecule has 2 aromatic rings. The van der Waals surface area contributed by atoms with Gasteiger partial charge in [0.1, 0.15) is 5.69 Å². The monoisotopic (exact) mass is 413 g/mol. The smallest absolute Gasteiger partial charge is 0.338 e. The van der Waals surface area contributed by atoms with Crippen molar-refractivity contribution in [1.29, 1.82) is 0 Å². The number of methoxy groups -OCH3 is 2. The van der Waals surface area contributed by atoms with Gasteiger partial charge in [-0.25, -0.2) is 19.0 Å². The summed E-state index contributed by atoms with van der Waals surface area (Å²) in [5, 5.41) is 2.15. The second-order valence-electron chi connectivity index (χ2n) is 5.39. The molecule has 3 N–H and O–H groups in total. The van der Waals surface area contributed by atoms with Crippen LogP contribution in [0, 0.1) is 0 Å². The van der Waals surface area contributed by atoms with Crippen LogP contribution in [0.5, 0.6) is 11.8 Å². The Morgan fingerprint density at radius 3 is 2.29 bits per heavy atom. The molecule has 0 aliphatic rings. The molecule has 2 heterocycles. The Hall–Kier alpha value is -3.55. The summed E-state index contributed by atoms with van der Waals surface area (Å²) in [7, 11) is 1.36. The van der Waals surface area contributed by atoms with E-state index in [1.807, 2.05) is 4.83 Å². The summed E-state index contributed by atoms with van der Waals surface area (Å²) in [6, 6.07) is 3.11. The van der Waals surface area contributed by atoms with E-state index in [9.17, 15) is 18.0 Å².